The summed E-state index contributed by atoms with van der Waals surface area (Å²) in [5, 5.41) is 18.3. The lowest BCUT2D eigenvalue weighted by atomic mass is 9.87. The highest BCUT2D eigenvalue weighted by molar-refractivity contribution is 7.25. The van der Waals surface area contributed by atoms with Crippen LogP contribution in [0.3, 0.4) is 0 Å². The van der Waals surface area contributed by atoms with E-state index in [1.54, 1.807) is 0 Å². The molecule has 0 saturated heterocycles. The van der Waals surface area contributed by atoms with Gasteiger partial charge in [0.25, 0.3) is 0 Å². The SMILES string of the molecule is c1ccc(-c2ccc(-c3ccc4ccc5c(-c6ccc7c(c6)sc6cc(-c8ccc9ccc%10c(-c%11cccc(-c%12ccccc%12)c%11)ccc%11ccc8c9c%11%10)ccc67)ccc6ccc3c4c65)cc2)cc1. The van der Waals surface area contributed by atoms with Gasteiger partial charge in [0.15, 0.2) is 0 Å². The number of thiophene rings is 1. The molecule has 0 N–H and O–H groups in total. The molecule has 0 fully saturated rings. The van der Waals surface area contributed by atoms with Gasteiger partial charge in [-0.1, -0.05) is 224 Å². The molecule has 0 amide bonds. The lowest BCUT2D eigenvalue weighted by molar-refractivity contribution is 1.61. The van der Waals surface area contributed by atoms with Gasteiger partial charge < -0.3 is 0 Å². The Kier molecular flexibility index (Phi) is 8.33. The zero-order chi connectivity index (χ0) is 45.2. The average molecular weight is 889 g/mol. The summed E-state index contributed by atoms with van der Waals surface area (Å²) in [5.41, 5.74) is 15.0. The average Bonchev–Trinajstić information content (AvgIpc) is 3.79. The molecule has 0 bridgehead atoms. The first kappa shape index (κ1) is 38.5. The van der Waals surface area contributed by atoms with Gasteiger partial charge in [0, 0.05) is 20.2 Å². The van der Waals surface area contributed by atoms with E-state index in [2.05, 4.69) is 243 Å². The molecule has 0 aliphatic carbocycles. The highest BCUT2D eigenvalue weighted by atomic mass is 32.1. The molecule has 0 nitrogen and oxygen atoms in total. The van der Waals surface area contributed by atoms with Crippen molar-refractivity contribution in [1.29, 1.82) is 0 Å². The molecule has 0 aliphatic rings. The van der Waals surface area contributed by atoms with E-state index in [-0.39, 0.29) is 0 Å². The van der Waals surface area contributed by atoms with Crippen molar-refractivity contribution in [3.05, 3.63) is 243 Å². The molecule has 69 heavy (non-hydrogen) atoms. The maximum atomic E-state index is 2.43. The number of benzene rings is 14. The van der Waals surface area contributed by atoms with Gasteiger partial charge in [-0.05, 0) is 150 Å². The van der Waals surface area contributed by atoms with Crippen molar-refractivity contribution in [3.63, 3.8) is 0 Å². The van der Waals surface area contributed by atoms with Crippen molar-refractivity contribution in [1.82, 2.24) is 0 Å². The normalized spacial score (nSPS) is 12.1. The zero-order valence-electron chi connectivity index (χ0n) is 37.5. The van der Waals surface area contributed by atoms with E-state index < -0.39 is 0 Å². The third-order valence-electron chi connectivity index (χ3n) is 15.0. The zero-order valence-corrected chi connectivity index (χ0v) is 38.3. The molecule has 14 aromatic carbocycles. The van der Waals surface area contributed by atoms with E-state index in [0.29, 0.717) is 0 Å². The molecule has 1 heterocycles. The number of rotatable bonds is 6. The minimum Gasteiger partial charge on any atom is -0.135 e. The summed E-state index contributed by atoms with van der Waals surface area (Å²) in [6.45, 7) is 0. The third kappa shape index (κ3) is 5.94. The van der Waals surface area contributed by atoms with Crippen molar-refractivity contribution < 1.29 is 0 Å². The van der Waals surface area contributed by atoms with Gasteiger partial charge >= 0.3 is 0 Å². The van der Waals surface area contributed by atoms with Crippen molar-refractivity contribution in [2.75, 3.05) is 0 Å². The first-order chi connectivity index (χ1) is 34.2. The fourth-order valence-corrected chi connectivity index (χ4v) is 12.9. The van der Waals surface area contributed by atoms with Crippen LogP contribution in [0.25, 0.3) is 152 Å². The largest absolute Gasteiger partial charge is 0.135 e. The number of hydrogen-bond acceptors (Lipinski definition) is 1. The monoisotopic (exact) mass is 888 g/mol. The summed E-state index contributed by atoms with van der Waals surface area (Å²) in [7, 11) is 0. The molecule has 0 radical (unpaired) electrons. The van der Waals surface area contributed by atoms with Crippen LogP contribution in [0.4, 0.5) is 0 Å². The fourth-order valence-electron chi connectivity index (χ4n) is 11.7. The lowest BCUT2D eigenvalue weighted by Gasteiger charge is -2.17. The number of hydrogen-bond donors (Lipinski definition) is 0. The molecule has 0 spiro atoms. The molecule has 15 aromatic rings. The summed E-state index contributed by atoms with van der Waals surface area (Å²) in [6, 6.07) is 90.7. The molecule has 1 aromatic heterocycles. The van der Waals surface area contributed by atoms with Crippen LogP contribution in [0.5, 0.6) is 0 Å². The Labute approximate surface area is 403 Å². The van der Waals surface area contributed by atoms with E-state index in [9.17, 15) is 0 Å². The quantitative estimate of drug-likeness (QED) is 0.146. The second-order valence-electron chi connectivity index (χ2n) is 18.7. The van der Waals surface area contributed by atoms with Crippen LogP contribution in [0, 0.1) is 0 Å². The maximum Gasteiger partial charge on any atom is 0.0361 e. The summed E-state index contributed by atoms with van der Waals surface area (Å²) >= 11 is 1.90. The smallest absolute Gasteiger partial charge is 0.0361 e. The highest BCUT2D eigenvalue weighted by Crippen LogP contribution is 2.47. The van der Waals surface area contributed by atoms with Crippen LogP contribution in [-0.4, -0.2) is 0 Å². The van der Waals surface area contributed by atoms with Gasteiger partial charge in [0.2, 0.25) is 0 Å². The summed E-state index contributed by atoms with van der Waals surface area (Å²) in [5.74, 6) is 0. The van der Waals surface area contributed by atoms with Crippen LogP contribution >= 0.6 is 11.3 Å². The van der Waals surface area contributed by atoms with Gasteiger partial charge in [0.05, 0.1) is 0 Å². The minimum atomic E-state index is 1.23. The number of fused-ring (bicyclic) bond motifs is 3. The lowest BCUT2D eigenvalue weighted by Crippen LogP contribution is -1.90. The molecule has 0 atom stereocenters. The Balaban J connectivity index is 0.815. The minimum absolute atomic E-state index is 1.23. The fraction of sp³-hybridized carbons (Fsp3) is 0. The van der Waals surface area contributed by atoms with E-state index in [1.165, 1.54) is 152 Å². The topological polar surface area (TPSA) is 0 Å². The maximum absolute atomic E-state index is 2.43. The Morgan fingerprint density at radius 1 is 0.188 bits per heavy atom. The standard InChI is InChI=1S/C68H40S/c1-3-8-41(9-4-1)43-14-16-44(17-15-43)53-28-18-45-24-36-61-55(30-20-47-22-34-59(53)65(45)67(47)61)51-26-32-57-58-33-27-52(40-64(58)69-63(57)39-51)56-31-21-48-23-35-60-54(29-19-46-25-37-62(56)68(48)66(46)60)50-13-7-12-49(38-50)42-10-5-2-6-11-42/h1-40H. The van der Waals surface area contributed by atoms with Crippen molar-refractivity contribution in [2.24, 2.45) is 0 Å². The van der Waals surface area contributed by atoms with Crippen molar-refractivity contribution >= 4 is 96.1 Å². The molecule has 15 rings (SSSR count). The molecule has 0 aliphatic heterocycles. The predicted molar refractivity (Wildman–Crippen MR) is 299 cm³/mol. The van der Waals surface area contributed by atoms with Crippen molar-refractivity contribution in [3.8, 4) is 66.8 Å². The van der Waals surface area contributed by atoms with Crippen LogP contribution < -0.4 is 0 Å². The second kappa shape index (κ2) is 14.9. The van der Waals surface area contributed by atoms with Crippen LogP contribution in [-0.2, 0) is 0 Å². The molecular weight excluding hydrogens is 849 g/mol. The Morgan fingerprint density at radius 2 is 0.493 bits per heavy atom. The predicted octanol–water partition coefficient (Wildman–Crippen LogP) is 19.9. The van der Waals surface area contributed by atoms with E-state index >= 15 is 0 Å². The van der Waals surface area contributed by atoms with E-state index in [0.717, 1.165) is 0 Å². The van der Waals surface area contributed by atoms with Gasteiger partial charge in [-0.3, -0.25) is 0 Å². The van der Waals surface area contributed by atoms with Crippen LogP contribution in [0.2, 0.25) is 0 Å². The molecule has 1 heteroatoms. The van der Waals surface area contributed by atoms with Crippen molar-refractivity contribution in [2.45, 2.75) is 0 Å². The Morgan fingerprint density at radius 3 is 0.942 bits per heavy atom. The molecule has 0 saturated carbocycles. The van der Waals surface area contributed by atoms with Gasteiger partial charge in [-0.2, -0.15) is 0 Å². The molecule has 318 valence electrons. The highest BCUT2D eigenvalue weighted by Gasteiger charge is 2.19. The van der Waals surface area contributed by atoms with Crippen LogP contribution in [0.1, 0.15) is 0 Å². The summed E-state index contributed by atoms with van der Waals surface area (Å²) in [6.07, 6.45) is 0. The Hall–Kier alpha value is -8.62. The van der Waals surface area contributed by atoms with E-state index in [4.69, 9.17) is 0 Å². The molecule has 0 unspecified atom stereocenters. The van der Waals surface area contributed by atoms with Gasteiger partial charge in [-0.15, -0.1) is 11.3 Å². The Bertz CT molecular complexity index is 4500. The second-order valence-corrected chi connectivity index (χ2v) is 19.8. The van der Waals surface area contributed by atoms with Crippen LogP contribution in [0.15, 0.2) is 243 Å². The van der Waals surface area contributed by atoms with Gasteiger partial charge in [0.1, 0.15) is 0 Å². The summed E-state index contributed by atoms with van der Waals surface area (Å²) < 4.78 is 2.62. The first-order valence-corrected chi connectivity index (χ1v) is 24.7. The summed E-state index contributed by atoms with van der Waals surface area (Å²) in [4.78, 5) is 0. The first-order valence-electron chi connectivity index (χ1n) is 23.9. The van der Waals surface area contributed by atoms with Gasteiger partial charge in [-0.25, -0.2) is 0 Å². The molecular formula is C68H40S. The third-order valence-corrected chi connectivity index (χ3v) is 16.1. The van der Waals surface area contributed by atoms with E-state index in [1.807, 2.05) is 11.3 Å².